The number of aromatic nitrogens is 5. The summed E-state index contributed by atoms with van der Waals surface area (Å²) in [5, 5.41) is 11.6. The first kappa shape index (κ1) is 32.8. The molecule has 2 amide bonds. The van der Waals surface area contributed by atoms with Crippen molar-refractivity contribution in [3.05, 3.63) is 89.3 Å². The molecule has 0 aliphatic carbocycles. The maximum absolute atomic E-state index is 13.5. The third kappa shape index (κ3) is 7.39. The number of hydrogen-bond donors (Lipinski definition) is 2. The SMILES string of the molecule is CN(CCc1ccccc1)C1CCN(C(=O)Cn2cc(NC(=O)c3c(N)nn4cccnc34)c(-c3cc(Cl)ccc3OC(F)F)n2)CC1. The Kier molecular flexibility index (Phi) is 9.82. The molecule has 0 unspecified atom stereocenters. The largest absolute Gasteiger partial charge is 0.434 e. The van der Waals surface area contributed by atoms with E-state index in [9.17, 15) is 18.4 Å². The van der Waals surface area contributed by atoms with Gasteiger partial charge in [0.2, 0.25) is 5.91 Å². The van der Waals surface area contributed by atoms with Crippen molar-refractivity contribution >= 4 is 40.6 Å². The van der Waals surface area contributed by atoms with Gasteiger partial charge in [-0.1, -0.05) is 41.9 Å². The number of fused-ring (bicyclic) bond motifs is 1. The van der Waals surface area contributed by atoms with Gasteiger partial charge in [-0.05, 0) is 56.1 Å². The Morgan fingerprint density at radius 2 is 1.90 bits per heavy atom. The van der Waals surface area contributed by atoms with Gasteiger partial charge in [-0.15, -0.1) is 5.10 Å². The minimum Gasteiger partial charge on any atom is -0.434 e. The molecule has 0 radical (unpaired) electrons. The second kappa shape index (κ2) is 14.4. The standard InChI is InChI=1S/C33H34ClF2N9O3/c1-42(15-10-21-6-3-2-4-7-21)23-11-16-43(17-12-23)27(46)20-44-19-25(29(40-44)24-18-22(34)8-9-26(24)48-33(35)36)39-32(47)28-30(37)41-45-14-5-13-38-31(28)45/h2-9,13-14,18-19,23,33H,10-12,15-17,20H2,1H3,(H2,37,41)(H,39,47). The van der Waals surface area contributed by atoms with Gasteiger partial charge in [0.05, 0.1) is 5.69 Å². The lowest BCUT2D eigenvalue weighted by molar-refractivity contribution is -0.133. The highest BCUT2D eigenvalue weighted by Crippen LogP contribution is 2.37. The number of piperidine rings is 1. The Morgan fingerprint density at radius 3 is 2.65 bits per heavy atom. The Labute approximate surface area is 280 Å². The zero-order chi connectivity index (χ0) is 33.8. The van der Waals surface area contributed by atoms with Gasteiger partial charge < -0.3 is 25.6 Å². The monoisotopic (exact) mass is 677 g/mol. The molecule has 3 aromatic heterocycles. The normalized spacial score (nSPS) is 13.8. The topological polar surface area (TPSA) is 136 Å². The average molecular weight is 678 g/mol. The molecular formula is C33H34ClF2N9O3. The first-order valence-electron chi connectivity index (χ1n) is 15.4. The van der Waals surface area contributed by atoms with Gasteiger partial charge >= 0.3 is 6.61 Å². The average Bonchev–Trinajstić information content (AvgIpc) is 3.63. The van der Waals surface area contributed by atoms with Crippen LogP contribution in [-0.4, -0.2) is 85.3 Å². The third-order valence-electron chi connectivity index (χ3n) is 8.41. The summed E-state index contributed by atoms with van der Waals surface area (Å²) in [5.41, 5.74) is 7.84. The molecule has 15 heteroatoms. The number of nitrogens with zero attached hydrogens (tertiary/aromatic N) is 7. The number of ether oxygens (including phenoxy) is 1. The van der Waals surface area contributed by atoms with Crippen LogP contribution in [0.1, 0.15) is 28.8 Å². The van der Waals surface area contributed by atoms with E-state index >= 15 is 0 Å². The summed E-state index contributed by atoms with van der Waals surface area (Å²) in [6, 6.07) is 16.4. The lowest BCUT2D eigenvalue weighted by atomic mass is 10.0. The van der Waals surface area contributed by atoms with Crippen molar-refractivity contribution in [3.8, 4) is 17.0 Å². The number of nitrogens with one attached hydrogen (secondary N) is 1. The minimum atomic E-state index is -3.13. The molecule has 5 aromatic rings. The zero-order valence-corrected chi connectivity index (χ0v) is 26.9. The second-order valence-corrected chi connectivity index (χ2v) is 12.0. The Balaban J connectivity index is 1.20. The van der Waals surface area contributed by atoms with E-state index in [0.29, 0.717) is 19.1 Å². The predicted molar refractivity (Wildman–Crippen MR) is 177 cm³/mol. The van der Waals surface area contributed by atoms with Crippen LogP contribution in [0.3, 0.4) is 0 Å². The van der Waals surface area contributed by atoms with E-state index in [1.165, 1.54) is 45.4 Å². The van der Waals surface area contributed by atoms with E-state index in [1.54, 1.807) is 17.2 Å². The maximum Gasteiger partial charge on any atom is 0.387 e. The van der Waals surface area contributed by atoms with Crippen molar-refractivity contribution in [1.29, 1.82) is 0 Å². The summed E-state index contributed by atoms with van der Waals surface area (Å²) in [5.74, 6) is -1.10. The molecule has 0 saturated carbocycles. The number of carbonyl (C=O) groups excluding carboxylic acids is 2. The number of hydrogen-bond acceptors (Lipinski definition) is 8. The summed E-state index contributed by atoms with van der Waals surface area (Å²) in [7, 11) is 2.12. The van der Waals surface area contributed by atoms with Crippen LogP contribution in [0.15, 0.2) is 73.2 Å². The molecule has 1 saturated heterocycles. The van der Waals surface area contributed by atoms with Crippen molar-refractivity contribution in [2.75, 3.05) is 37.7 Å². The number of nitrogens with two attached hydrogens (primary N) is 1. The molecule has 1 aliphatic rings. The number of anilines is 2. The van der Waals surface area contributed by atoms with Gasteiger partial charge in [0, 0.05) is 54.9 Å². The predicted octanol–water partition coefficient (Wildman–Crippen LogP) is 4.85. The summed E-state index contributed by atoms with van der Waals surface area (Å²) < 4.78 is 34.2. The van der Waals surface area contributed by atoms with E-state index in [4.69, 9.17) is 22.1 Å². The molecule has 12 nitrogen and oxygen atoms in total. The van der Waals surface area contributed by atoms with E-state index in [2.05, 4.69) is 44.6 Å². The van der Waals surface area contributed by atoms with Crippen LogP contribution in [0.4, 0.5) is 20.3 Å². The molecule has 250 valence electrons. The van der Waals surface area contributed by atoms with Crippen LogP contribution in [0.5, 0.6) is 5.75 Å². The van der Waals surface area contributed by atoms with Crippen LogP contribution < -0.4 is 15.8 Å². The molecule has 48 heavy (non-hydrogen) atoms. The van der Waals surface area contributed by atoms with E-state index in [0.717, 1.165) is 25.8 Å². The van der Waals surface area contributed by atoms with E-state index in [1.807, 2.05) is 18.2 Å². The fourth-order valence-corrected chi connectivity index (χ4v) is 6.08. The molecule has 0 bridgehead atoms. The Morgan fingerprint density at radius 1 is 1.12 bits per heavy atom. The Hall–Kier alpha value is -5.08. The van der Waals surface area contributed by atoms with Crippen molar-refractivity contribution in [2.24, 2.45) is 0 Å². The molecule has 6 rings (SSSR count). The lowest BCUT2D eigenvalue weighted by Crippen LogP contribution is -2.46. The molecule has 0 atom stereocenters. The fourth-order valence-electron chi connectivity index (χ4n) is 5.91. The number of benzene rings is 2. The maximum atomic E-state index is 13.5. The van der Waals surface area contributed by atoms with Crippen LogP contribution in [-0.2, 0) is 17.8 Å². The number of nitrogen functional groups attached to an aromatic ring is 1. The third-order valence-corrected chi connectivity index (χ3v) is 8.64. The zero-order valence-electron chi connectivity index (χ0n) is 26.1. The van der Waals surface area contributed by atoms with Crippen LogP contribution in [0.25, 0.3) is 16.9 Å². The molecule has 2 aromatic carbocycles. The summed E-state index contributed by atoms with van der Waals surface area (Å²) >= 11 is 6.24. The smallest absolute Gasteiger partial charge is 0.387 e. The highest BCUT2D eigenvalue weighted by atomic mass is 35.5. The first-order valence-corrected chi connectivity index (χ1v) is 15.8. The number of amides is 2. The van der Waals surface area contributed by atoms with Crippen LogP contribution >= 0.6 is 11.6 Å². The molecule has 1 aliphatic heterocycles. The van der Waals surface area contributed by atoms with E-state index in [-0.39, 0.29) is 57.2 Å². The number of alkyl halides is 2. The highest BCUT2D eigenvalue weighted by Gasteiger charge is 2.27. The number of carbonyl (C=O) groups is 2. The molecule has 0 spiro atoms. The van der Waals surface area contributed by atoms with Gasteiger partial charge in [0.1, 0.15) is 23.6 Å². The van der Waals surface area contributed by atoms with Gasteiger partial charge in [-0.2, -0.15) is 13.9 Å². The van der Waals surface area contributed by atoms with Crippen molar-refractivity contribution in [1.82, 2.24) is 34.2 Å². The van der Waals surface area contributed by atoms with Gasteiger partial charge in [0.25, 0.3) is 5.91 Å². The first-order chi connectivity index (χ1) is 23.2. The molecular weight excluding hydrogens is 644 g/mol. The number of likely N-dealkylation sites (tertiary alicyclic amines) is 1. The van der Waals surface area contributed by atoms with Crippen molar-refractivity contribution in [3.63, 3.8) is 0 Å². The number of rotatable bonds is 11. The molecule has 1 fully saturated rings. The van der Waals surface area contributed by atoms with Crippen LogP contribution in [0.2, 0.25) is 5.02 Å². The highest BCUT2D eigenvalue weighted by molar-refractivity contribution is 6.31. The van der Waals surface area contributed by atoms with Gasteiger partial charge in [-0.25, -0.2) is 9.50 Å². The van der Waals surface area contributed by atoms with Gasteiger partial charge in [0.15, 0.2) is 11.5 Å². The van der Waals surface area contributed by atoms with E-state index < -0.39 is 12.5 Å². The number of likely N-dealkylation sites (N-methyl/N-ethyl adjacent to an activating group) is 1. The summed E-state index contributed by atoms with van der Waals surface area (Å²) in [4.78, 5) is 35.3. The minimum absolute atomic E-state index is 0.0112. The second-order valence-electron chi connectivity index (χ2n) is 11.5. The summed E-state index contributed by atoms with van der Waals surface area (Å²) in [6.45, 7) is -1.19. The molecule has 4 heterocycles. The summed E-state index contributed by atoms with van der Waals surface area (Å²) in [6.07, 6.45) is 7.15. The van der Waals surface area contributed by atoms with Crippen molar-refractivity contribution in [2.45, 2.75) is 38.5 Å². The molecule has 3 N–H and O–H groups in total. The quantitative estimate of drug-likeness (QED) is 0.203. The van der Waals surface area contributed by atoms with Crippen LogP contribution in [0, 0.1) is 0 Å². The van der Waals surface area contributed by atoms with Crippen molar-refractivity contribution < 1.29 is 23.1 Å². The van der Waals surface area contributed by atoms with Gasteiger partial charge in [-0.3, -0.25) is 14.3 Å². The Bertz CT molecular complexity index is 1910. The lowest BCUT2D eigenvalue weighted by Gasteiger charge is -2.36. The fraction of sp³-hybridized carbons (Fsp3) is 0.303. The number of halogens is 3.